The summed E-state index contributed by atoms with van der Waals surface area (Å²) in [4.78, 5) is 23.6. The van der Waals surface area contributed by atoms with Gasteiger partial charge in [-0.25, -0.2) is 0 Å². The van der Waals surface area contributed by atoms with E-state index >= 15 is 0 Å². The number of primary amides is 1. The molecule has 2 amide bonds. The molecule has 2 aromatic heterocycles. The molecule has 0 atom stereocenters. The molecule has 3 N–H and O–H groups in total. The summed E-state index contributed by atoms with van der Waals surface area (Å²) in [6, 6.07) is 9.35. The van der Waals surface area contributed by atoms with Crippen LogP contribution < -0.4 is 11.1 Å². The van der Waals surface area contributed by atoms with Gasteiger partial charge in [0.25, 0.3) is 0 Å². The second kappa shape index (κ2) is 8.75. The number of anilines is 1. The number of nitrogens with two attached hydrogens (primary N) is 1. The van der Waals surface area contributed by atoms with E-state index < -0.39 is 5.91 Å². The van der Waals surface area contributed by atoms with E-state index in [0.29, 0.717) is 23.3 Å². The van der Waals surface area contributed by atoms with Crippen LogP contribution in [0.5, 0.6) is 0 Å². The molecular formula is C19H21N5O3S. The zero-order chi connectivity index (χ0) is 20.1. The molecule has 0 fully saturated rings. The fourth-order valence-electron chi connectivity index (χ4n) is 2.72. The second-order valence-electron chi connectivity index (χ2n) is 6.26. The number of nitrogens with zero attached hydrogens (tertiary/aromatic N) is 3. The van der Waals surface area contributed by atoms with Crippen LogP contribution in [-0.4, -0.2) is 32.3 Å². The first-order valence-electron chi connectivity index (χ1n) is 8.70. The first-order chi connectivity index (χ1) is 13.5. The number of carbonyl (C=O) groups excluding carboxylic acids is 2. The molecule has 3 rings (SSSR count). The van der Waals surface area contributed by atoms with Crippen molar-refractivity contribution >= 4 is 29.3 Å². The molecule has 0 aliphatic rings. The van der Waals surface area contributed by atoms with Gasteiger partial charge in [0.05, 0.1) is 12.0 Å². The van der Waals surface area contributed by atoms with Crippen molar-refractivity contribution in [1.82, 2.24) is 14.8 Å². The van der Waals surface area contributed by atoms with Gasteiger partial charge in [-0.1, -0.05) is 30.0 Å². The Morgan fingerprint density at radius 1 is 1.18 bits per heavy atom. The lowest BCUT2D eigenvalue weighted by Crippen LogP contribution is -2.17. The third-order valence-electron chi connectivity index (χ3n) is 4.12. The molecule has 0 radical (unpaired) electrons. The number of rotatable bonds is 8. The number of aromatic nitrogens is 3. The third kappa shape index (κ3) is 4.61. The van der Waals surface area contributed by atoms with E-state index in [1.54, 1.807) is 16.7 Å². The maximum Gasteiger partial charge on any atom is 0.234 e. The Morgan fingerprint density at radius 3 is 2.57 bits per heavy atom. The molecule has 2 heterocycles. The van der Waals surface area contributed by atoms with Gasteiger partial charge < -0.3 is 15.5 Å². The van der Waals surface area contributed by atoms with Crippen molar-refractivity contribution in [3.63, 3.8) is 0 Å². The Kier molecular flexibility index (Phi) is 6.15. The molecule has 0 spiro atoms. The summed E-state index contributed by atoms with van der Waals surface area (Å²) in [5.74, 6) is 0.600. The summed E-state index contributed by atoms with van der Waals surface area (Å²) in [7, 11) is 0. The quantitative estimate of drug-likeness (QED) is 0.563. The van der Waals surface area contributed by atoms with E-state index in [-0.39, 0.29) is 18.1 Å². The summed E-state index contributed by atoms with van der Waals surface area (Å²) in [6.07, 6.45) is 1.67. The van der Waals surface area contributed by atoms with Crippen LogP contribution in [0.25, 0.3) is 11.6 Å². The van der Waals surface area contributed by atoms with Gasteiger partial charge >= 0.3 is 0 Å². The highest BCUT2D eigenvalue weighted by Gasteiger charge is 2.18. The first kappa shape index (κ1) is 19.7. The maximum absolute atomic E-state index is 12.4. The molecule has 0 bridgehead atoms. The van der Waals surface area contributed by atoms with Crippen molar-refractivity contribution in [2.45, 2.75) is 32.0 Å². The largest absolute Gasteiger partial charge is 0.461 e. The van der Waals surface area contributed by atoms with Crippen LogP contribution in [0.2, 0.25) is 0 Å². The molecule has 9 heteroatoms. The number of benzene rings is 1. The van der Waals surface area contributed by atoms with Crippen LogP contribution in [0, 0.1) is 13.8 Å². The Morgan fingerprint density at radius 2 is 1.93 bits per heavy atom. The number of carbonyl (C=O) groups is 2. The van der Waals surface area contributed by atoms with E-state index in [1.165, 1.54) is 18.0 Å². The molecule has 0 aliphatic carbocycles. The van der Waals surface area contributed by atoms with Crippen LogP contribution >= 0.6 is 11.8 Å². The summed E-state index contributed by atoms with van der Waals surface area (Å²) in [5, 5.41) is 11.8. The van der Waals surface area contributed by atoms with Crippen molar-refractivity contribution in [3.8, 4) is 11.6 Å². The minimum absolute atomic E-state index is 0.133. The van der Waals surface area contributed by atoms with E-state index in [0.717, 1.165) is 16.8 Å². The van der Waals surface area contributed by atoms with E-state index in [1.807, 2.05) is 32.0 Å². The van der Waals surface area contributed by atoms with Crippen LogP contribution in [0.1, 0.15) is 17.5 Å². The molecule has 1 aromatic carbocycles. The van der Waals surface area contributed by atoms with Crippen LogP contribution in [0.3, 0.4) is 0 Å². The van der Waals surface area contributed by atoms with Crippen molar-refractivity contribution in [3.05, 3.63) is 47.7 Å². The Balaban J connectivity index is 1.73. The van der Waals surface area contributed by atoms with E-state index in [2.05, 4.69) is 15.5 Å². The topological polar surface area (TPSA) is 116 Å². The first-order valence-corrected chi connectivity index (χ1v) is 9.68. The molecule has 28 heavy (non-hydrogen) atoms. The summed E-state index contributed by atoms with van der Waals surface area (Å²) < 4.78 is 7.12. The highest BCUT2D eigenvalue weighted by atomic mass is 32.2. The Labute approximate surface area is 166 Å². The number of amides is 2. The summed E-state index contributed by atoms with van der Waals surface area (Å²) in [6.45, 7) is 4.21. The smallest absolute Gasteiger partial charge is 0.234 e. The Bertz CT molecular complexity index is 961. The maximum atomic E-state index is 12.4. The molecule has 146 valence electrons. The number of aryl methyl sites for hydroxylation is 2. The lowest BCUT2D eigenvalue weighted by molar-refractivity contribution is -0.118. The van der Waals surface area contributed by atoms with Gasteiger partial charge in [0.15, 0.2) is 16.7 Å². The average molecular weight is 399 g/mol. The minimum atomic E-state index is -0.428. The molecule has 0 unspecified atom stereocenters. The van der Waals surface area contributed by atoms with E-state index in [4.69, 9.17) is 10.2 Å². The number of nitrogens with one attached hydrogen (secondary N) is 1. The normalized spacial score (nSPS) is 10.8. The van der Waals surface area contributed by atoms with Crippen LogP contribution in [-0.2, 0) is 16.1 Å². The molecular weight excluding hydrogens is 378 g/mol. The van der Waals surface area contributed by atoms with Gasteiger partial charge in [-0.15, -0.1) is 10.2 Å². The van der Waals surface area contributed by atoms with Crippen molar-refractivity contribution in [1.29, 1.82) is 0 Å². The predicted molar refractivity (Wildman–Crippen MR) is 107 cm³/mol. The van der Waals surface area contributed by atoms with Gasteiger partial charge in [-0.05, 0) is 37.1 Å². The average Bonchev–Trinajstić information content (AvgIpc) is 3.30. The van der Waals surface area contributed by atoms with Gasteiger partial charge in [-0.3, -0.25) is 14.2 Å². The molecule has 0 saturated heterocycles. The fraction of sp³-hybridized carbons (Fsp3) is 0.263. The lowest BCUT2D eigenvalue weighted by Gasteiger charge is -2.11. The zero-order valence-corrected chi connectivity index (χ0v) is 16.5. The van der Waals surface area contributed by atoms with Crippen LogP contribution in [0.4, 0.5) is 5.69 Å². The summed E-state index contributed by atoms with van der Waals surface area (Å²) in [5.41, 5.74) is 8.10. The lowest BCUT2D eigenvalue weighted by atomic mass is 10.1. The Hall–Kier alpha value is -3.07. The number of para-hydroxylation sites is 1. The van der Waals surface area contributed by atoms with Gasteiger partial charge in [0.1, 0.15) is 0 Å². The number of hydrogen-bond acceptors (Lipinski definition) is 6. The van der Waals surface area contributed by atoms with Crippen molar-refractivity contribution < 1.29 is 14.0 Å². The molecule has 3 aromatic rings. The molecule has 8 nitrogen and oxygen atoms in total. The molecule has 0 aliphatic heterocycles. The van der Waals surface area contributed by atoms with Crippen LogP contribution in [0.15, 0.2) is 46.2 Å². The number of hydrogen-bond donors (Lipinski definition) is 2. The van der Waals surface area contributed by atoms with E-state index in [9.17, 15) is 9.59 Å². The monoisotopic (exact) mass is 399 g/mol. The SMILES string of the molecule is Cc1cccc(C)c1NC(=O)CSc1nnc(-c2ccco2)n1CCC(N)=O. The third-order valence-corrected chi connectivity index (χ3v) is 5.08. The highest BCUT2D eigenvalue weighted by molar-refractivity contribution is 7.99. The highest BCUT2D eigenvalue weighted by Crippen LogP contribution is 2.25. The van der Waals surface area contributed by atoms with Crippen molar-refractivity contribution in [2.75, 3.05) is 11.1 Å². The van der Waals surface area contributed by atoms with Gasteiger partial charge in [0.2, 0.25) is 11.8 Å². The van der Waals surface area contributed by atoms with Gasteiger partial charge in [0, 0.05) is 18.7 Å². The standard InChI is InChI=1S/C19H21N5O3S/c1-12-5-3-6-13(2)17(12)21-16(26)11-28-19-23-22-18(14-7-4-10-27-14)24(19)9-8-15(20)25/h3-7,10H,8-9,11H2,1-2H3,(H2,20,25)(H,21,26). The second-order valence-corrected chi connectivity index (χ2v) is 7.20. The fourth-order valence-corrected chi connectivity index (χ4v) is 3.49. The number of thioether (sulfide) groups is 1. The predicted octanol–water partition coefficient (Wildman–Crippen LogP) is 2.76. The summed E-state index contributed by atoms with van der Waals surface area (Å²) >= 11 is 1.24. The number of furan rings is 1. The van der Waals surface area contributed by atoms with Crippen molar-refractivity contribution in [2.24, 2.45) is 5.73 Å². The zero-order valence-electron chi connectivity index (χ0n) is 15.6. The van der Waals surface area contributed by atoms with Gasteiger partial charge in [-0.2, -0.15) is 0 Å². The molecule has 0 saturated carbocycles. The minimum Gasteiger partial charge on any atom is -0.461 e.